The molecule has 1 aromatic carbocycles. The Morgan fingerprint density at radius 3 is 2.48 bits per heavy atom. The van der Waals surface area contributed by atoms with Crippen LogP contribution in [0.25, 0.3) is 0 Å². The number of carbonyl (C=O) groups excluding carboxylic acids is 1. The van der Waals surface area contributed by atoms with Gasteiger partial charge in [-0.1, -0.05) is 19.1 Å². The molecule has 5 nitrogen and oxygen atoms in total. The van der Waals surface area contributed by atoms with E-state index in [2.05, 4.69) is 34.7 Å². The van der Waals surface area contributed by atoms with E-state index in [9.17, 15) is 9.59 Å². The molecule has 1 saturated heterocycles. The van der Waals surface area contributed by atoms with Crippen LogP contribution in [0.4, 0.5) is 0 Å². The second-order valence-electron chi connectivity index (χ2n) is 7.62. The third kappa shape index (κ3) is 4.66. The first kappa shape index (κ1) is 19.4. The second kappa shape index (κ2) is 8.53. The summed E-state index contributed by atoms with van der Waals surface area (Å²) in [6.07, 6.45) is 2.40. The van der Waals surface area contributed by atoms with Gasteiger partial charge in [0.2, 0.25) is 0 Å². The van der Waals surface area contributed by atoms with Crippen molar-refractivity contribution in [1.82, 2.24) is 15.6 Å². The third-order valence-electron chi connectivity index (χ3n) is 5.71. The Hall–Kier alpha value is -2.40. The lowest BCUT2D eigenvalue weighted by molar-refractivity contribution is 0.0950. The fourth-order valence-corrected chi connectivity index (χ4v) is 3.93. The van der Waals surface area contributed by atoms with Gasteiger partial charge in [0, 0.05) is 23.4 Å². The molecule has 2 aromatic rings. The number of carbonyl (C=O) groups is 1. The Labute approximate surface area is 160 Å². The van der Waals surface area contributed by atoms with Gasteiger partial charge in [-0.3, -0.25) is 9.59 Å². The van der Waals surface area contributed by atoms with Crippen LogP contribution in [0.2, 0.25) is 0 Å². The predicted octanol–water partition coefficient (Wildman–Crippen LogP) is 3.02. The highest BCUT2D eigenvalue weighted by Gasteiger charge is 2.21. The summed E-state index contributed by atoms with van der Waals surface area (Å²) >= 11 is 0. The lowest BCUT2D eigenvalue weighted by atomic mass is 9.81. The van der Waals surface area contributed by atoms with Gasteiger partial charge < -0.3 is 15.6 Å². The number of H-pyrrole nitrogens is 1. The van der Waals surface area contributed by atoms with Gasteiger partial charge in [0.1, 0.15) is 0 Å². The van der Waals surface area contributed by atoms with Gasteiger partial charge in [0.15, 0.2) is 0 Å². The van der Waals surface area contributed by atoms with Gasteiger partial charge in [0.05, 0.1) is 0 Å². The van der Waals surface area contributed by atoms with Crippen molar-refractivity contribution >= 4 is 5.91 Å². The molecule has 3 N–H and O–H groups in total. The van der Waals surface area contributed by atoms with Gasteiger partial charge in [-0.15, -0.1) is 0 Å². The van der Waals surface area contributed by atoms with Crippen LogP contribution < -0.4 is 16.2 Å². The Bertz CT molecular complexity index is 849. The minimum Gasteiger partial charge on any atom is -0.348 e. The largest absolute Gasteiger partial charge is 0.348 e. The summed E-state index contributed by atoms with van der Waals surface area (Å²) in [5.41, 5.74) is 4.08. The quantitative estimate of drug-likeness (QED) is 0.760. The highest BCUT2D eigenvalue weighted by molar-refractivity contribution is 5.94. The molecule has 1 aliphatic heterocycles. The summed E-state index contributed by atoms with van der Waals surface area (Å²) in [6, 6.07) is 9.81. The molecule has 1 aliphatic rings. The molecule has 0 saturated carbocycles. The number of aromatic nitrogens is 1. The van der Waals surface area contributed by atoms with Gasteiger partial charge >= 0.3 is 0 Å². The maximum Gasteiger partial charge on any atom is 0.253 e. The van der Waals surface area contributed by atoms with Crippen molar-refractivity contribution in [1.29, 1.82) is 0 Å². The zero-order chi connectivity index (χ0) is 19.4. The van der Waals surface area contributed by atoms with Crippen molar-refractivity contribution in [3.63, 3.8) is 0 Å². The lowest BCUT2D eigenvalue weighted by Crippen LogP contribution is -2.30. The smallest absolute Gasteiger partial charge is 0.253 e. The number of piperidine rings is 1. The van der Waals surface area contributed by atoms with Crippen LogP contribution in [-0.2, 0) is 6.54 Å². The van der Waals surface area contributed by atoms with Crippen molar-refractivity contribution in [2.75, 3.05) is 13.1 Å². The standard InChI is InChI=1S/C22H29N3O2/c1-14-12-15(2)25-22(27)20(14)13-24-21(26)19-6-4-17(5-7-19)16(3)18-8-10-23-11-9-18/h4-7,12,16,18,23H,8-11,13H2,1-3H3,(H,24,26)(H,25,27). The lowest BCUT2D eigenvalue weighted by Gasteiger charge is -2.28. The number of hydrogen-bond donors (Lipinski definition) is 3. The summed E-state index contributed by atoms with van der Waals surface area (Å²) in [5, 5.41) is 6.27. The van der Waals surface area contributed by atoms with Crippen LogP contribution in [0.15, 0.2) is 35.1 Å². The fourth-order valence-electron chi connectivity index (χ4n) is 3.93. The summed E-state index contributed by atoms with van der Waals surface area (Å²) < 4.78 is 0. The van der Waals surface area contributed by atoms with Crippen LogP contribution in [0.5, 0.6) is 0 Å². The topological polar surface area (TPSA) is 74.0 Å². The minimum atomic E-state index is -0.157. The molecule has 1 aromatic heterocycles. The molecule has 1 fully saturated rings. The first-order valence-electron chi connectivity index (χ1n) is 9.74. The SMILES string of the molecule is Cc1cc(C)c(CNC(=O)c2ccc(C(C)C3CCNCC3)cc2)c(=O)[nH]1. The van der Waals surface area contributed by atoms with Gasteiger partial charge in [-0.25, -0.2) is 0 Å². The van der Waals surface area contributed by atoms with Crippen molar-refractivity contribution in [3.8, 4) is 0 Å². The Kier molecular flexibility index (Phi) is 6.11. The number of aromatic amines is 1. The molecule has 0 spiro atoms. The van der Waals surface area contributed by atoms with Gasteiger partial charge in [-0.2, -0.15) is 0 Å². The molecule has 1 unspecified atom stereocenters. The monoisotopic (exact) mass is 367 g/mol. The minimum absolute atomic E-state index is 0.140. The number of benzene rings is 1. The van der Waals surface area contributed by atoms with E-state index in [0.29, 0.717) is 23.0 Å². The maximum atomic E-state index is 12.5. The number of aryl methyl sites for hydroxylation is 2. The molecule has 3 rings (SSSR count). The Morgan fingerprint density at radius 1 is 1.19 bits per heavy atom. The summed E-state index contributed by atoms with van der Waals surface area (Å²) in [7, 11) is 0. The number of rotatable bonds is 5. The van der Waals surface area contributed by atoms with Gasteiger partial charge in [-0.05, 0) is 80.9 Å². The molecule has 0 aliphatic carbocycles. The van der Waals surface area contributed by atoms with Crippen LogP contribution in [0.3, 0.4) is 0 Å². The molecule has 27 heavy (non-hydrogen) atoms. The molecular formula is C22H29N3O2. The van der Waals surface area contributed by atoms with E-state index in [1.54, 1.807) is 0 Å². The zero-order valence-electron chi connectivity index (χ0n) is 16.4. The predicted molar refractivity (Wildman–Crippen MR) is 108 cm³/mol. The van der Waals surface area contributed by atoms with Crippen molar-refractivity contribution < 1.29 is 4.79 Å². The van der Waals surface area contributed by atoms with E-state index >= 15 is 0 Å². The number of amides is 1. The average Bonchev–Trinajstić information content (AvgIpc) is 2.67. The fraction of sp³-hybridized carbons (Fsp3) is 0.455. The van der Waals surface area contributed by atoms with E-state index in [0.717, 1.165) is 24.3 Å². The summed E-state index contributed by atoms with van der Waals surface area (Å²) in [4.78, 5) is 27.3. The van der Waals surface area contributed by atoms with Crippen molar-refractivity contribution in [2.24, 2.45) is 5.92 Å². The van der Waals surface area contributed by atoms with E-state index in [1.165, 1.54) is 18.4 Å². The van der Waals surface area contributed by atoms with Gasteiger partial charge in [0.25, 0.3) is 11.5 Å². The van der Waals surface area contributed by atoms with Crippen LogP contribution in [-0.4, -0.2) is 24.0 Å². The molecule has 144 valence electrons. The molecule has 1 atom stereocenters. The van der Waals surface area contributed by atoms with Crippen LogP contribution in [0.1, 0.15) is 58.4 Å². The van der Waals surface area contributed by atoms with Crippen LogP contribution >= 0.6 is 0 Å². The normalized spacial score (nSPS) is 16.1. The van der Waals surface area contributed by atoms with E-state index in [4.69, 9.17) is 0 Å². The maximum absolute atomic E-state index is 12.5. The summed E-state index contributed by atoms with van der Waals surface area (Å²) in [6.45, 7) is 8.43. The molecule has 2 heterocycles. The Balaban J connectivity index is 1.63. The highest BCUT2D eigenvalue weighted by Crippen LogP contribution is 2.30. The molecular weight excluding hydrogens is 338 g/mol. The van der Waals surface area contributed by atoms with E-state index in [1.807, 2.05) is 32.0 Å². The highest BCUT2D eigenvalue weighted by atomic mass is 16.1. The molecule has 0 bridgehead atoms. The molecule has 0 radical (unpaired) electrons. The number of nitrogens with one attached hydrogen (secondary N) is 3. The third-order valence-corrected chi connectivity index (χ3v) is 5.71. The van der Waals surface area contributed by atoms with E-state index in [-0.39, 0.29) is 18.0 Å². The second-order valence-corrected chi connectivity index (χ2v) is 7.62. The van der Waals surface area contributed by atoms with E-state index < -0.39 is 0 Å². The summed E-state index contributed by atoms with van der Waals surface area (Å²) in [5.74, 6) is 1.04. The van der Waals surface area contributed by atoms with Crippen LogP contribution in [0, 0.1) is 19.8 Å². The first-order valence-corrected chi connectivity index (χ1v) is 9.74. The van der Waals surface area contributed by atoms with Crippen molar-refractivity contribution in [2.45, 2.75) is 46.1 Å². The molecule has 5 heteroatoms. The first-order chi connectivity index (χ1) is 13.0. The number of pyridine rings is 1. The Morgan fingerprint density at radius 2 is 1.85 bits per heavy atom. The zero-order valence-corrected chi connectivity index (χ0v) is 16.4. The molecule has 1 amide bonds. The van der Waals surface area contributed by atoms with Crippen molar-refractivity contribution in [3.05, 3.63) is 68.6 Å². The average molecular weight is 367 g/mol. The number of hydrogen-bond acceptors (Lipinski definition) is 3.